The standard InChI is InChI=1S/C18H19N3O3/c1-23-16-10-14-15(11-17(16)24-2)20-12-21(18(14)22)9-5-7-13-6-3-4-8-19-13/h3-4,6,8,10-12H,5,7,9H2,1-2H3. The zero-order valence-electron chi connectivity index (χ0n) is 13.7. The molecule has 3 rings (SSSR count). The molecule has 2 aromatic heterocycles. The summed E-state index contributed by atoms with van der Waals surface area (Å²) >= 11 is 0. The highest BCUT2D eigenvalue weighted by atomic mass is 16.5. The van der Waals surface area contributed by atoms with Crippen molar-refractivity contribution in [2.24, 2.45) is 0 Å². The summed E-state index contributed by atoms with van der Waals surface area (Å²) in [5.74, 6) is 1.08. The van der Waals surface area contributed by atoms with Crippen LogP contribution in [0.1, 0.15) is 12.1 Å². The Kier molecular flexibility index (Phi) is 4.74. The van der Waals surface area contributed by atoms with Gasteiger partial charge in [-0.2, -0.15) is 0 Å². The molecule has 1 aromatic carbocycles. The summed E-state index contributed by atoms with van der Waals surface area (Å²) < 4.78 is 12.1. The zero-order valence-corrected chi connectivity index (χ0v) is 13.7. The number of fused-ring (bicyclic) bond motifs is 1. The molecule has 2 heterocycles. The van der Waals surface area contributed by atoms with E-state index in [9.17, 15) is 4.79 Å². The predicted molar refractivity (Wildman–Crippen MR) is 91.7 cm³/mol. The zero-order chi connectivity index (χ0) is 16.9. The number of aryl methyl sites for hydroxylation is 2. The number of nitrogens with zero attached hydrogens (tertiary/aromatic N) is 3. The minimum atomic E-state index is -0.0815. The van der Waals surface area contributed by atoms with Gasteiger partial charge in [0.15, 0.2) is 11.5 Å². The number of aromatic nitrogens is 3. The number of hydrogen-bond donors (Lipinski definition) is 0. The third-order valence-corrected chi connectivity index (χ3v) is 3.89. The summed E-state index contributed by atoms with van der Waals surface area (Å²) in [6.45, 7) is 0.590. The molecule has 0 bridgehead atoms. The second kappa shape index (κ2) is 7.12. The van der Waals surface area contributed by atoms with E-state index in [1.54, 1.807) is 43.4 Å². The van der Waals surface area contributed by atoms with E-state index < -0.39 is 0 Å². The molecule has 3 aromatic rings. The van der Waals surface area contributed by atoms with E-state index in [2.05, 4.69) is 9.97 Å². The second-order valence-corrected chi connectivity index (χ2v) is 5.39. The maximum absolute atomic E-state index is 12.6. The highest BCUT2D eigenvalue weighted by molar-refractivity contribution is 5.81. The molecule has 0 N–H and O–H groups in total. The summed E-state index contributed by atoms with van der Waals surface area (Å²) in [6, 6.07) is 9.24. The monoisotopic (exact) mass is 325 g/mol. The van der Waals surface area contributed by atoms with E-state index in [0.29, 0.717) is 28.9 Å². The van der Waals surface area contributed by atoms with E-state index in [0.717, 1.165) is 18.5 Å². The molecule has 0 amide bonds. The van der Waals surface area contributed by atoms with E-state index >= 15 is 0 Å². The van der Waals surface area contributed by atoms with Crippen molar-refractivity contribution in [3.63, 3.8) is 0 Å². The van der Waals surface area contributed by atoms with Crippen molar-refractivity contribution in [3.8, 4) is 11.5 Å². The molecule has 0 atom stereocenters. The molecule has 6 heteroatoms. The van der Waals surface area contributed by atoms with Gasteiger partial charge in [-0.05, 0) is 31.0 Å². The van der Waals surface area contributed by atoms with Crippen LogP contribution in [0.5, 0.6) is 11.5 Å². The fourth-order valence-corrected chi connectivity index (χ4v) is 2.62. The normalized spacial score (nSPS) is 10.8. The van der Waals surface area contributed by atoms with Gasteiger partial charge in [-0.1, -0.05) is 6.07 Å². The predicted octanol–water partition coefficient (Wildman–Crippen LogP) is 2.44. The average Bonchev–Trinajstić information content (AvgIpc) is 2.63. The first-order valence-corrected chi connectivity index (χ1v) is 7.74. The van der Waals surface area contributed by atoms with Gasteiger partial charge in [0, 0.05) is 24.5 Å². The van der Waals surface area contributed by atoms with Crippen LogP contribution in [0.3, 0.4) is 0 Å². The van der Waals surface area contributed by atoms with E-state index in [1.807, 2.05) is 18.2 Å². The van der Waals surface area contributed by atoms with Crippen LogP contribution in [0.2, 0.25) is 0 Å². The van der Waals surface area contributed by atoms with Gasteiger partial charge in [0.1, 0.15) is 0 Å². The van der Waals surface area contributed by atoms with Gasteiger partial charge in [0.05, 0.1) is 31.4 Å². The molecule has 0 unspecified atom stereocenters. The Labute approximate surface area is 139 Å². The van der Waals surface area contributed by atoms with Crippen LogP contribution < -0.4 is 15.0 Å². The van der Waals surface area contributed by atoms with Crippen molar-refractivity contribution in [2.75, 3.05) is 14.2 Å². The van der Waals surface area contributed by atoms with Crippen LogP contribution in [0.15, 0.2) is 47.7 Å². The van der Waals surface area contributed by atoms with Gasteiger partial charge in [0.25, 0.3) is 5.56 Å². The summed E-state index contributed by atoms with van der Waals surface area (Å²) in [4.78, 5) is 21.3. The van der Waals surface area contributed by atoms with Crippen LogP contribution >= 0.6 is 0 Å². The maximum Gasteiger partial charge on any atom is 0.261 e. The first-order valence-electron chi connectivity index (χ1n) is 7.74. The number of methoxy groups -OCH3 is 2. The lowest BCUT2D eigenvalue weighted by atomic mass is 10.2. The van der Waals surface area contributed by atoms with E-state index in [1.165, 1.54) is 0 Å². The van der Waals surface area contributed by atoms with Crippen LogP contribution in [0.25, 0.3) is 10.9 Å². The SMILES string of the molecule is COc1cc2ncn(CCCc3ccccn3)c(=O)c2cc1OC. The van der Waals surface area contributed by atoms with Gasteiger partial charge < -0.3 is 9.47 Å². The van der Waals surface area contributed by atoms with E-state index in [4.69, 9.17) is 9.47 Å². The minimum Gasteiger partial charge on any atom is -0.493 e. The van der Waals surface area contributed by atoms with Crippen LogP contribution in [0.4, 0.5) is 0 Å². The first-order chi connectivity index (χ1) is 11.7. The summed E-state index contributed by atoms with van der Waals surface area (Å²) in [5, 5.41) is 0.521. The van der Waals surface area contributed by atoms with Gasteiger partial charge in [-0.3, -0.25) is 14.3 Å². The summed E-state index contributed by atoms with van der Waals surface area (Å²) in [7, 11) is 3.11. The Morgan fingerprint density at radius 2 is 1.88 bits per heavy atom. The molecule has 0 fully saturated rings. The Morgan fingerprint density at radius 1 is 1.08 bits per heavy atom. The molecule has 124 valence electrons. The lowest BCUT2D eigenvalue weighted by molar-refractivity contribution is 0.355. The van der Waals surface area contributed by atoms with Gasteiger partial charge >= 0.3 is 0 Å². The molecular formula is C18H19N3O3. The molecule has 0 saturated heterocycles. The quantitative estimate of drug-likeness (QED) is 0.696. The molecule has 24 heavy (non-hydrogen) atoms. The molecular weight excluding hydrogens is 306 g/mol. The smallest absolute Gasteiger partial charge is 0.261 e. The number of pyridine rings is 1. The van der Waals surface area contributed by atoms with Crippen molar-refractivity contribution in [2.45, 2.75) is 19.4 Å². The Morgan fingerprint density at radius 3 is 2.58 bits per heavy atom. The third kappa shape index (κ3) is 3.22. The maximum atomic E-state index is 12.6. The van der Waals surface area contributed by atoms with Crippen LogP contribution in [0, 0.1) is 0 Å². The van der Waals surface area contributed by atoms with Gasteiger partial charge in [0.2, 0.25) is 0 Å². The summed E-state index contributed by atoms with van der Waals surface area (Å²) in [5.41, 5.74) is 1.53. The highest BCUT2D eigenvalue weighted by Crippen LogP contribution is 2.29. The van der Waals surface area contributed by atoms with Crippen LogP contribution in [-0.4, -0.2) is 28.8 Å². The van der Waals surface area contributed by atoms with E-state index in [-0.39, 0.29) is 5.56 Å². The van der Waals surface area contributed by atoms with Crippen molar-refractivity contribution in [3.05, 3.63) is 58.9 Å². The van der Waals surface area contributed by atoms with Crippen molar-refractivity contribution < 1.29 is 9.47 Å². The highest BCUT2D eigenvalue weighted by Gasteiger charge is 2.11. The van der Waals surface area contributed by atoms with Crippen LogP contribution in [-0.2, 0) is 13.0 Å². The Hall–Kier alpha value is -2.89. The minimum absolute atomic E-state index is 0.0815. The van der Waals surface area contributed by atoms with Crippen molar-refractivity contribution in [1.29, 1.82) is 0 Å². The lowest BCUT2D eigenvalue weighted by Crippen LogP contribution is -2.21. The lowest BCUT2D eigenvalue weighted by Gasteiger charge is -2.10. The molecule has 0 aliphatic carbocycles. The van der Waals surface area contributed by atoms with Gasteiger partial charge in [-0.25, -0.2) is 4.98 Å². The Balaban J connectivity index is 1.84. The average molecular weight is 325 g/mol. The third-order valence-electron chi connectivity index (χ3n) is 3.89. The summed E-state index contributed by atoms with van der Waals surface area (Å²) in [6.07, 6.45) is 4.99. The number of ether oxygens (including phenoxy) is 2. The molecule has 0 aliphatic rings. The molecule has 0 radical (unpaired) electrons. The van der Waals surface area contributed by atoms with Gasteiger partial charge in [-0.15, -0.1) is 0 Å². The second-order valence-electron chi connectivity index (χ2n) is 5.39. The molecule has 0 aliphatic heterocycles. The van der Waals surface area contributed by atoms with Crippen molar-refractivity contribution >= 4 is 10.9 Å². The first kappa shape index (κ1) is 16.0. The topological polar surface area (TPSA) is 66.2 Å². The fraction of sp³-hybridized carbons (Fsp3) is 0.278. The molecule has 6 nitrogen and oxygen atoms in total. The Bertz CT molecular complexity index is 891. The molecule has 0 spiro atoms. The molecule has 0 saturated carbocycles. The number of benzene rings is 1. The largest absolute Gasteiger partial charge is 0.493 e. The fourth-order valence-electron chi connectivity index (χ4n) is 2.62. The van der Waals surface area contributed by atoms with Crippen molar-refractivity contribution in [1.82, 2.24) is 14.5 Å². The number of hydrogen-bond acceptors (Lipinski definition) is 5. The number of rotatable bonds is 6.